The van der Waals surface area contributed by atoms with Crippen LogP contribution in [0.4, 0.5) is 11.4 Å². The van der Waals surface area contributed by atoms with Crippen molar-refractivity contribution in [2.45, 2.75) is 30.8 Å². The third-order valence-electron chi connectivity index (χ3n) is 4.02. The normalized spacial score (nSPS) is 14.6. The molecular weight excluding hydrogens is 324 g/mol. The van der Waals surface area contributed by atoms with Gasteiger partial charge in [0.25, 0.3) is 0 Å². The third-order valence-corrected chi connectivity index (χ3v) is 5.03. The van der Waals surface area contributed by atoms with Crippen molar-refractivity contribution in [1.29, 1.82) is 0 Å². The molecule has 1 aromatic heterocycles. The average molecular weight is 346 g/mol. The van der Waals surface area contributed by atoms with Crippen molar-refractivity contribution in [1.82, 2.24) is 20.2 Å². The number of thioether (sulfide) groups is 1. The lowest BCUT2D eigenvalue weighted by molar-refractivity contribution is -0.115. The van der Waals surface area contributed by atoms with Crippen molar-refractivity contribution in [2.75, 3.05) is 29.1 Å². The number of nitrogens with zero attached hydrogens (tertiary/aromatic N) is 5. The summed E-state index contributed by atoms with van der Waals surface area (Å²) in [5, 5.41) is 15.0. The molecule has 1 saturated heterocycles. The summed E-state index contributed by atoms with van der Waals surface area (Å²) in [5.74, 6) is 0.661. The largest absolute Gasteiger partial charge is 0.370 e. The Balaban J connectivity index is 1.55. The van der Waals surface area contributed by atoms with Crippen LogP contribution >= 0.6 is 11.8 Å². The zero-order valence-electron chi connectivity index (χ0n) is 13.8. The highest BCUT2D eigenvalue weighted by molar-refractivity contribution is 7.99. The Labute approximate surface area is 145 Å². The van der Waals surface area contributed by atoms with Crippen molar-refractivity contribution in [3.8, 4) is 0 Å². The molecule has 1 fully saturated rings. The van der Waals surface area contributed by atoms with Gasteiger partial charge in [-0.15, -0.1) is 5.10 Å². The summed E-state index contributed by atoms with van der Waals surface area (Å²) in [6.07, 6.45) is 4.14. The van der Waals surface area contributed by atoms with Crippen LogP contribution in [0.2, 0.25) is 0 Å². The Morgan fingerprint density at radius 2 is 2.04 bits per heavy atom. The van der Waals surface area contributed by atoms with E-state index in [2.05, 4.69) is 31.8 Å². The van der Waals surface area contributed by atoms with Crippen LogP contribution in [0.1, 0.15) is 25.7 Å². The lowest BCUT2D eigenvalue weighted by Crippen LogP contribution is -2.30. The summed E-state index contributed by atoms with van der Waals surface area (Å²) < 4.78 is 1.61. The quantitative estimate of drug-likeness (QED) is 0.809. The van der Waals surface area contributed by atoms with Crippen LogP contribution in [-0.4, -0.2) is 45.0 Å². The molecule has 0 radical (unpaired) electrons. The Morgan fingerprint density at radius 3 is 2.79 bits per heavy atom. The van der Waals surface area contributed by atoms with Gasteiger partial charge in [-0.05, 0) is 41.8 Å². The molecule has 0 atom stereocenters. The van der Waals surface area contributed by atoms with Gasteiger partial charge in [0.05, 0.1) is 11.4 Å². The molecule has 8 heteroatoms. The highest BCUT2D eigenvalue weighted by Gasteiger charge is 2.15. The fourth-order valence-corrected chi connectivity index (χ4v) is 3.57. The van der Waals surface area contributed by atoms with Gasteiger partial charge < -0.3 is 10.2 Å². The van der Waals surface area contributed by atoms with Gasteiger partial charge >= 0.3 is 0 Å². The van der Waals surface area contributed by atoms with E-state index in [0.29, 0.717) is 12.2 Å². The number of tetrazole rings is 1. The van der Waals surface area contributed by atoms with Crippen molar-refractivity contribution >= 4 is 29.0 Å². The molecule has 1 N–H and O–H groups in total. The molecule has 1 aromatic carbocycles. The molecular formula is C16H22N6OS. The van der Waals surface area contributed by atoms with E-state index in [1.165, 1.54) is 31.0 Å². The molecule has 128 valence electrons. The van der Waals surface area contributed by atoms with Crippen LogP contribution in [-0.2, 0) is 11.8 Å². The van der Waals surface area contributed by atoms with E-state index in [4.69, 9.17) is 0 Å². The van der Waals surface area contributed by atoms with Crippen LogP contribution in [0.3, 0.4) is 0 Å². The molecule has 3 rings (SSSR count). The van der Waals surface area contributed by atoms with Gasteiger partial charge in [-0.2, -0.15) is 0 Å². The van der Waals surface area contributed by atoms with Gasteiger partial charge in [-0.3, -0.25) is 4.79 Å². The number of hydrogen-bond acceptors (Lipinski definition) is 6. The van der Waals surface area contributed by atoms with Gasteiger partial charge in [-0.1, -0.05) is 23.9 Å². The third kappa shape index (κ3) is 4.25. The summed E-state index contributed by atoms with van der Waals surface area (Å²) in [7, 11) is 1.79. The van der Waals surface area contributed by atoms with E-state index in [1.807, 2.05) is 18.2 Å². The number of amides is 1. The van der Waals surface area contributed by atoms with Gasteiger partial charge in [0.1, 0.15) is 0 Å². The number of piperidine rings is 1. The van der Waals surface area contributed by atoms with Crippen LogP contribution in [0.25, 0.3) is 0 Å². The van der Waals surface area contributed by atoms with E-state index >= 15 is 0 Å². The first-order valence-electron chi connectivity index (χ1n) is 8.23. The molecule has 1 aliphatic heterocycles. The fourth-order valence-electron chi connectivity index (χ4n) is 2.78. The summed E-state index contributed by atoms with van der Waals surface area (Å²) in [5.41, 5.74) is 2.02. The molecule has 0 spiro atoms. The Bertz CT molecular complexity index is 683. The standard InChI is InChI=1S/C16H22N6OS/c1-21-16(18-19-20-21)24-12-9-15(23)17-13-7-3-4-8-14(13)22-10-5-2-6-11-22/h3-4,7-8H,2,5-6,9-12H2,1H3,(H,17,23). The second kappa shape index (κ2) is 8.14. The molecule has 1 aliphatic rings. The predicted molar refractivity (Wildman–Crippen MR) is 95.3 cm³/mol. The number of carbonyl (C=O) groups is 1. The lowest BCUT2D eigenvalue weighted by Gasteiger charge is -2.30. The Hall–Kier alpha value is -2.09. The first-order chi connectivity index (χ1) is 11.7. The zero-order chi connectivity index (χ0) is 16.8. The average Bonchev–Trinajstić information content (AvgIpc) is 3.01. The van der Waals surface area contributed by atoms with Crippen molar-refractivity contribution in [3.05, 3.63) is 24.3 Å². The number of benzene rings is 1. The van der Waals surface area contributed by atoms with E-state index in [1.54, 1.807) is 11.7 Å². The van der Waals surface area contributed by atoms with Gasteiger partial charge in [0, 0.05) is 32.3 Å². The summed E-state index contributed by atoms with van der Waals surface area (Å²) in [6.45, 7) is 2.11. The maximum atomic E-state index is 12.3. The van der Waals surface area contributed by atoms with Crippen molar-refractivity contribution in [2.24, 2.45) is 7.05 Å². The number of carbonyl (C=O) groups excluding carboxylic acids is 1. The maximum absolute atomic E-state index is 12.3. The van der Waals surface area contributed by atoms with E-state index < -0.39 is 0 Å². The monoisotopic (exact) mass is 346 g/mol. The topological polar surface area (TPSA) is 75.9 Å². The highest BCUT2D eigenvalue weighted by Crippen LogP contribution is 2.28. The highest BCUT2D eigenvalue weighted by atomic mass is 32.2. The lowest BCUT2D eigenvalue weighted by atomic mass is 10.1. The zero-order valence-corrected chi connectivity index (χ0v) is 14.6. The van der Waals surface area contributed by atoms with Crippen LogP contribution in [0.5, 0.6) is 0 Å². The molecule has 2 aromatic rings. The number of aryl methyl sites for hydroxylation is 1. The molecule has 0 unspecified atom stereocenters. The second-order valence-corrected chi connectivity index (χ2v) is 6.86. The van der Waals surface area contributed by atoms with E-state index in [-0.39, 0.29) is 5.91 Å². The number of anilines is 2. The summed E-state index contributed by atoms with van der Waals surface area (Å²) in [4.78, 5) is 14.6. The summed E-state index contributed by atoms with van der Waals surface area (Å²) in [6, 6.07) is 8.04. The van der Waals surface area contributed by atoms with Crippen molar-refractivity contribution in [3.63, 3.8) is 0 Å². The molecule has 0 aliphatic carbocycles. The fraction of sp³-hybridized carbons (Fsp3) is 0.500. The minimum absolute atomic E-state index is 0.0158. The molecule has 7 nitrogen and oxygen atoms in total. The number of nitrogens with one attached hydrogen (secondary N) is 1. The number of hydrogen-bond donors (Lipinski definition) is 1. The number of para-hydroxylation sites is 2. The van der Waals surface area contributed by atoms with Crippen molar-refractivity contribution < 1.29 is 4.79 Å². The minimum atomic E-state index is 0.0158. The molecule has 0 bridgehead atoms. The van der Waals surface area contributed by atoms with Gasteiger partial charge in [0.15, 0.2) is 0 Å². The molecule has 0 saturated carbocycles. The molecule has 24 heavy (non-hydrogen) atoms. The van der Waals surface area contributed by atoms with Crippen LogP contribution in [0.15, 0.2) is 29.4 Å². The van der Waals surface area contributed by atoms with Gasteiger partial charge in [-0.25, -0.2) is 4.68 Å². The SMILES string of the molecule is Cn1nnnc1SCCC(=O)Nc1ccccc1N1CCCCC1. The van der Waals surface area contributed by atoms with E-state index in [0.717, 1.165) is 29.6 Å². The van der Waals surface area contributed by atoms with Crippen LogP contribution in [0, 0.1) is 0 Å². The minimum Gasteiger partial charge on any atom is -0.370 e. The number of aromatic nitrogens is 4. The Morgan fingerprint density at radius 1 is 1.25 bits per heavy atom. The van der Waals surface area contributed by atoms with E-state index in [9.17, 15) is 4.79 Å². The smallest absolute Gasteiger partial charge is 0.225 e. The predicted octanol–water partition coefficient (Wildman–Crippen LogP) is 2.32. The Kier molecular flexibility index (Phi) is 5.68. The second-order valence-electron chi connectivity index (χ2n) is 5.80. The maximum Gasteiger partial charge on any atom is 0.225 e. The van der Waals surface area contributed by atoms with Gasteiger partial charge in [0.2, 0.25) is 11.1 Å². The summed E-state index contributed by atoms with van der Waals surface area (Å²) >= 11 is 1.48. The first-order valence-corrected chi connectivity index (χ1v) is 9.21. The molecule has 1 amide bonds. The first kappa shape index (κ1) is 16.8. The molecule has 2 heterocycles. The number of rotatable bonds is 6. The van der Waals surface area contributed by atoms with Crippen LogP contribution < -0.4 is 10.2 Å².